The van der Waals surface area contributed by atoms with Crippen LogP contribution in [0.2, 0.25) is 0 Å². The summed E-state index contributed by atoms with van der Waals surface area (Å²) < 4.78 is 0. The Labute approximate surface area is 200 Å². The molecule has 3 heterocycles. The van der Waals surface area contributed by atoms with Gasteiger partial charge in [0.1, 0.15) is 6.04 Å². The summed E-state index contributed by atoms with van der Waals surface area (Å²) in [6, 6.07) is 12.3. The van der Waals surface area contributed by atoms with Gasteiger partial charge in [0.15, 0.2) is 0 Å². The van der Waals surface area contributed by atoms with Crippen LogP contribution in [0.25, 0.3) is 11.1 Å². The van der Waals surface area contributed by atoms with Gasteiger partial charge in [0.25, 0.3) is 11.8 Å². The number of amides is 4. The molecule has 1 saturated heterocycles. The molecule has 0 aliphatic carbocycles. The van der Waals surface area contributed by atoms with E-state index in [1.165, 1.54) is 5.56 Å². The maximum absolute atomic E-state index is 13.0. The van der Waals surface area contributed by atoms with E-state index in [1.54, 1.807) is 23.5 Å². The zero-order chi connectivity index (χ0) is 23.7. The molecule has 2 aliphatic rings. The largest absolute Gasteiger partial charge is 0.311 e. The van der Waals surface area contributed by atoms with Gasteiger partial charge in [-0.05, 0) is 48.2 Å². The zero-order valence-corrected chi connectivity index (χ0v) is 19.1. The van der Waals surface area contributed by atoms with Crippen molar-refractivity contribution in [1.82, 2.24) is 20.5 Å². The SMILES string of the molecule is O=C1CCC(N2C(=O)c3ccc(-c4ccc(CCNCc5cscn5)cc4)cc3C2=O)C(=O)N1. The quantitative estimate of drug-likeness (QED) is 0.403. The Hall–Kier alpha value is -3.69. The number of aromatic nitrogens is 1. The minimum atomic E-state index is -0.961. The molecule has 0 saturated carbocycles. The fourth-order valence-corrected chi connectivity index (χ4v) is 4.85. The maximum atomic E-state index is 13.0. The second-order valence-corrected chi connectivity index (χ2v) is 9.03. The average Bonchev–Trinajstić information content (AvgIpc) is 3.44. The number of benzene rings is 2. The summed E-state index contributed by atoms with van der Waals surface area (Å²) in [6.07, 6.45) is 1.12. The van der Waals surface area contributed by atoms with E-state index in [9.17, 15) is 19.2 Å². The third-order valence-electron chi connectivity index (χ3n) is 6.11. The molecule has 34 heavy (non-hydrogen) atoms. The van der Waals surface area contributed by atoms with Crippen LogP contribution in [-0.2, 0) is 22.6 Å². The first-order valence-corrected chi connectivity index (χ1v) is 12.0. The van der Waals surface area contributed by atoms with Crippen molar-refractivity contribution in [2.24, 2.45) is 0 Å². The van der Waals surface area contributed by atoms with Gasteiger partial charge in [-0.15, -0.1) is 11.3 Å². The number of nitrogens with one attached hydrogen (secondary N) is 2. The highest BCUT2D eigenvalue weighted by molar-refractivity contribution is 7.07. The van der Waals surface area contributed by atoms with Gasteiger partial charge in [0, 0.05) is 18.3 Å². The topological polar surface area (TPSA) is 108 Å². The van der Waals surface area contributed by atoms with Crippen molar-refractivity contribution < 1.29 is 19.2 Å². The molecule has 1 atom stereocenters. The van der Waals surface area contributed by atoms with E-state index in [0.717, 1.165) is 41.2 Å². The van der Waals surface area contributed by atoms with Gasteiger partial charge >= 0.3 is 0 Å². The lowest BCUT2D eigenvalue weighted by molar-refractivity contribution is -0.136. The Morgan fingerprint density at radius 2 is 1.76 bits per heavy atom. The van der Waals surface area contributed by atoms with Crippen molar-refractivity contribution >= 4 is 35.0 Å². The fraction of sp³-hybridized carbons (Fsp3) is 0.240. The predicted octanol–water partition coefficient (Wildman–Crippen LogP) is 2.54. The molecule has 3 aromatic rings. The molecule has 8 nitrogen and oxygen atoms in total. The average molecular weight is 475 g/mol. The number of imide groups is 2. The van der Waals surface area contributed by atoms with Gasteiger partial charge in [-0.1, -0.05) is 30.3 Å². The number of carbonyl (C=O) groups excluding carboxylic acids is 4. The number of carbonyl (C=O) groups is 4. The van der Waals surface area contributed by atoms with Crippen LogP contribution in [0.4, 0.5) is 0 Å². The van der Waals surface area contributed by atoms with Gasteiger partial charge in [0.05, 0.1) is 22.3 Å². The minimum absolute atomic E-state index is 0.0990. The first-order valence-electron chi connectivity index (χ1n) is 11.0. The third kappa shape index (κ3) is 4.27. The molecular formula is C25H22N4O4S. The molecule has 1 unspecified atom stereocenters. The molecule has 2 aromatic carbocycles. The molecule has 2 aliphatic heterocycles. The smallest absolute Gasteiger partial charge is 0.262 e. The minimum Gasteiger partial charge on any atom is -0.311 e. The van der Waals surface area contributed by atoms with E-state index in [2.05, 4.69) is 27.8 Å². The van der Waals surface area contributed by atoms with Gasteiger partial charge < -0.3 is 5.32 Å². The fourth-order valence-electron chi connectivity index (χ4n) is 4.29. The van der Waals surface area contributed by atoms with Gasteiger partial charge in [-0.25, -0.2) is 4.98 Å². The summed E-state index contributed by atoms with van der Waals surface area (Å²) in [7, 11) is 0. The molecular weight excluding hydrogens is 452 g/mol. The molecule has 1 fully saturated rings. The molecule has 0 radical (unpaired) electrons. The van der Waals surface area contributed by atoms with Gasteiger partial charge in [0.2, 0.25) is 11.8 Å². The van der Waals surface area contributed by atoms with E-state index in [4.69, 9.17) is 0 Å². The van der Waals surface area contributed by atoms with Crippen molar-refractivity contribution in [3.8, 4) is 11.1 Å². The van der Waals surface area contributed by atoms with Crippen LogP contribution in [-0.4, -0.2) is 46.1 Å². The molecule has 9 heteroatoms. The second-order valence-electron chi connectivity index (χ2n) is 8.31. The van der Waals surface area contributed by atoms with Crippen LogP contribution in [0.15, 0.2) is 53.4 Å². The highest BCUT2D eigenvalue weighted by Crippen LogP contribution is 2.31. The third-order valence-corrected chi connectivity index (χ3v) is 6.74. The van der Waals surface area contributed by atoms with Gasteiger partial charge in [-0.2, -0.15) is 0 Å². The number of fused-ring (bicyclic) bond motifs is 1. The zero-order valence-electron chi connectivity index (χ0n) is 18.2. The highest BCUT2D eigenvalue weighted by Gasteiger charge is 2.44. The maximum Gasteiger partial charge on any atom is 0.262 e. The Morgan fingerprint density at radius 3 is 2.50 bits per heavy atom. The number of rotatable bonds is 7. The van der Waals surface area contributed by atoms with Crippen molar-refractivity contribution in [3.05, 3.63) is 75.7 Å². The number of nitrogens with zero attached hydrogens (tertiary/aromatic N) is 2. The number of hydrogen-bond acceptors (Lipinski definition) is 7. The Morgan fingerprint density at radius 1 is 1.00 bits per heavy atom. The van der Waals surface area contributed by atoms with Crippen LogP contribution >= 0.6 is 11.3 Å². The van der Waals surface area contributed by atoms with E-state index < -0.39 is 23.8 Å². The Kier molecular flexibility index (Phi) is 6.04. The van der Waals surface area contributed by atoms with E-state index in [0.29, 0.717) is 0 Å². The molecule has 172 valence electrons. The molecule has 5 rings (SSSR count). The van der Waals surface area contributed by atoms with Crippen molar-refractivity contribution in [2.45, 2.75) is 31.8 Å². The number of thiazole rings is 1. The number of hydrogen-bond donors (Lipinski definition) is 2. The lowest BCUT2D eigenvalue weighted by Crippen LogP contribution is -2.54. The highest BCUT2D eigenvalue weighted by atomic mass is 32.1. The Balaban J connectivity index is 1.26. The first-order chi connectivity index (χ1) is 16.5. The number of piperidine rings is 1. The van der Waals surface area contributed by atoms with Crippen molar-refractivity contribution in [1.29, 1.82) is 0 Å². The molecule has 0 spiro atoms. The van der Waals surface area contributed by atoms with E-state index in [-0.39, 0.29) is 29.9 Å². The summed E-state index contributed by atoms with van der Waals surface area (Å²) in [4.78, 5) is 54.8. The van der Waals surface area contributed by atoms with Crippen LogP contribution in [0, 0.1) is 0 Å². The second kappa shape index (κ2) is 9.28. The molecule has 4 amide bonds. The Bertz CT molecular complexity index is 1270. The molecule has 0 bridgehead atoms. The lowest BCUT2D eigenvalue weighted by Gasteiger charge is -2.27. The van der Waals surface area contributed by atoms with Crippen LogP contribution in [0.5, 0.6) is 0 Å². The lowest BCUT2D eigenvalue weighted by atomic mass is 9.99. The monoisotopic (exact) mass is 474 g/mol. The van der Waals surface area contributed by atoms with Crippen molar-refractivity contribution in [3.63, 3.8) is 0 Å². The summed E-state index contributed by atoms with van der Waals surface area (Å²) in [5, 5.41) is 7.62. The summed E-state index contributed by atoms with van der Waals surface area (Å²) in [6.45, 7) is 1.59. The summed E-state index contributed by atoms with van der Waals surface area (Å²) >= 11 is 1.58. The van der Waals surface area contributed by atoms with E-state index in [1.807, 2.05) is 29.1 Å². The van der Waals surface area contributed by atoms with E-state index >= 15 is 0 Å². The van der Waals surface area contributed by atoms with Gasteiger partial charge in [-0.3, -0.25) is 29.4 Å². The van der Waals surface area contributed by atoms with Crippen molar-refractivity contribution in [2.75, 3.05) is 6.54 Å². The first kappa shape index (κ1) is 22.1. The van der Waals surface area contributed by atoms with Crippen LogP contribution in [0.1, 0.15) is 44.8 Å². The standard InChI is InChI=1S/C25H22N4O4S/c30-22-8-7-21(23(31)28-22)29-24(32)19-6-5-17(11-20(19)25(29)33)16-3-1-15(2-4-16)9-10-26-12-18-13-34-14-27-18/h1-6,11,13-14,21,26H,7-10,12H2,(H,28,30,31). The van der Waals surface area contributed by atoms with Crippen LogP contribution in [0.3, 0.4) is 0 Å². The normalized spacial score (nSPS) is 17.8. The summed E-state index contributed by atoms with van der Waals surface area (Å²) in [5.41, 5.74) is 6.36. The van der Waals surface area contributed by atoms with Crippen LogP contribution < -0.4 is 10.6 Å². The predicted molar refractivity (Wildman–Crippen MR) is 126 cm³/mol. The molecule has 2 N–H and O–H groups in total. The summed E-state index contributed by atoms with van der Waals surface area (Å²) in [5.74, 6) is -2.00. The molecule has 1 aromatic heterocycles.